The van der Waals surface area contributed by atoms with Crippen molar-refractivity contribution >= 4 is 29.1 Å². The molecule has 1 aliphatic rings. The van der Waals surface area contributed by atoms with E-state index in [4.69, 9.17) is 4.52 Å². The molecule has 11 nitrogen and oxygen atoms in total. The Morgan fingerprint density at radius 2 is 1.59 bits per heavy atom. The molecule has 1 saturated heterocycles. The highest BCUT2D eigenvalue weighted by atomic mass is 16.5. The Morgan fingerprint density at radius 3 is 2.27 bits per heavy atom. The van der Waals surface area contributed by atoms with Gasteiger partial charge in [-0.1, -0.05) is 38.1 Å². The first-order valence-corrected chi connectivity index (χ1v) is 13.6. The topological polar surface area (TPSA) is 117 Å². The fourth-order valence-corrected chi connectivity index (χ4v) is 4.70. The lowest BCUT2D eigenvalue weighted by Crippen LogP contribution is -2.45. The third-order valence-electron chi connectivity index (χ3n) is 7.20. The summed E-state index contributed by atoms with van der Waals surface area (Å²) in [5, 5.41) is 9.46. The summed E-state index contributed by atoms with van der Waals surface area (Å²) in [5.41, 5.74) is 5.16. The SMILES string of the molecule is CN1CCN(c2ncc(-c3ccn4c(-c5ccc(NC(=O)Nc6cc(C(C)(C)C)on6)cc5)cnc4c3)cn2)CC1. The minimum Gasteiger partial charge on any atom is -0.359 e. The van der Waals surface area contributed by atoms with Crippen molar-refractivity contribution in [2.24, 2.45) is 0 Å². The quantitative estimate of drug-likeness (QED) is 0.308. The number of nitrogens with one attached hydrogen (secondary N) is 2. The van der Waals surface area contributed by atoms with Gasteiger partial charge in [-0.15, -0.1) is 0 Å². The summed E-state index contributed by atoms with van der Waals surface area (Å²) < 4.78 is 7.36. The van der Waals surface area contributed by atoms with Crippen molar-refractivity contribution in [1.29, 1.82) is 0 Å². The van der Waals surface area contributed by atoms with Crippen molar-refractivity contribution in [1.82, 2.24) is 29.4 Å². The highest BCUT2D eigenvalue weighted by Gasteiger charge is 2.20. The number of hydrogen-bond donors (Lipinski definition) is 2. The fourth-order valence-electron chi connectivity index (χ4n) is 4.70. The number of pyridine rings is 1. The molecule has 2 amide bonds. The summed E-state index contributed by atoms with van der Waals surface area (Å²) in [4.78, 5) is 30.9. The monoisotopic (exact) mass is 551 g/mol. The number of aromatic nitrogens is 5. The van der Waals surface area contributed by atoms with Crippen molar-refractivity contribution in [2.75, 3.05) is 48.8 Å². The van der Waals surface area contributed by atoms with Gasteiger partial charge in [-0.25, -0.2) is 19.7 Å². The summed E-state index contributed by atoms with van der Waals surface area (Å²) in [6, 6.07) is 13.0. The van der Waals surface area contributed by atoms with Crippen LogP contribution in [-0.2, 0) is 5.41 Å². The molecule has 0 saturated carbocycles. The van der Waals surface area contributed by atoms with E-state index in [9.17, 15) is 4.79 Å². The van der Waals surface area contributed by atoms with Gasteiger partial charge in [0.2, 0.25) is 5.95 Å². The van der Waals surface area contributed by atoms with Crippen LogP contribution in [0.15, 0.2) is 71.8 Å². The van der Waals surface area contributed by atoms with E-state index >= 15 is 0 Å². The maximum absolute atomic E-state index is 12.5. The van der Waals surface area contributed by atoms with Crippen molar-refractivity contribution in [2.45, 2.75) is 26.2 Å². The normalized spacial score (nSPS) is 14.4. The van der Waals surface area contributed by atoms with Crippen LogP contribution in [0.1, 0.15) is 26.5 Å². The van der Waals surface area contributed by atoms with E-state index in [1.54, 1.807) is 6.07 Å². The first kappa shape index (κ1) is 26.5. The molecule has 5 heterocycles. The van der Waals surface area contributed by atoms with Crippen LogP contribution in [0.3, 0.4) is 0 Å². The molecule has 5 aromatic rings. The second-order valence-corrected chi connectivity index (χ2v) is 11.3. The van der Waals surface area contributed by atoms with Gasteiger partial charge >= 0.3 is 6.03 Å². The largest absolute Gasteiger partial charge is 0.359 e. The van der Waals surface area contributed by atoms with E-state index in [-0.39, 0.29) is 5.41 Å². The standard InChI is InChI=1S/C30H33N9O2/c1-30(2,3)25-16-26(36-41-25)35-29(40)34-23-7-5-20(6-8-23)24-19-31-27-15-21(9-10-39(24)27)22-17-32-28(33-18-22)38-13-11-37(4)12-14-38/h5-10,15-19H,11-14H2,1-4H3,(H2,34,35,36,40). The van der Waals surface area contributed by atoms with Gasteiger partial charge in [-0.2, -0.15) is 0 Å². The molecule has 1 aliphatic heterocycles. The average molecular weight is 552 g/mol. The number of carbonyl (C=O) groups is 1. The minimum atomic E-state index is -0.394. The van der Waals surface area contributed by atoms with Crippen LogP contribution in [0.4, 0.5) is 22.2 Å². The van der Waals surface area contributed by atoms with Gasteiger partial charge in [0, 0.05) is 73.1 Å². The number of carbonyl (C=O) groups excluding carboxylic acids is 1. The zero-order valence-electron chi connectivity index (χ0n) is 23.6. The molecular formula is C30H33N9O2. The van der Waals surface area contributed by atoms with Crippen LogP contribution in [0, 0.1) is 0 Å². The number of nitrogens with zero attached hydrogens (tertiary/aromatic N) is 7. The molecular weight excluding hydrogens is 518 g/mol. The number of benzene rings is 1. The highest BCUT2D eigenvalue weighted by Crippen LogP contribution is 2.27. The zero-order chi connectivity index (χ0) is 28.6. The number of amides is 2. The van der Waals surface area contributed by atoms with E-state index in [1.165, 1.54) is 0 Å². The van der Waals surface area contributed by atoms with E-state index in [1.807, 2.05) is 86.4 Å². The number of anilines is 3. The van der Waals surface area contributed by atoms with Crippen LogP contribution in [0.5, 0.6) is 0 Å². The van der Waals surface area contributed by atoms with Gasteiger partial charge in [0.15, 0.2) is 5.82 Å². The zero-order valence-corrected chi connectivity index (χ0v) is 23.6. The lowest BCUT2D eigenvalue weighted by atomic mass is 9.93. The predicted molar refractivity (Wildman–Crippen MR) is 159 cm³/mol. The maximum Gasteiger partial charge on any atom is 0.324 e. The number of piperazine rings is 1. The highest BCUT2D eigenvalue weighted by molar-refractivity contribution is 5.99. The third kappa shape index (κ3) is 5.75. The number of likely N-dealkylation sites (N-methyl/N-ethyl adjacent to an activating group) is 1. The fraction of sp³-hybridized carbons (Fsp3) is 0.300. The van der Waals surface area contributed by atoms with Gasteiger partial charge < -0.3 is 19.6 Å². The van der Waals surface area contributed by atoms with Crippen LogP contribution in [-0.4, -0.2) is 68.7 Å². The Kier molecular flexibility index (Phi) is 6.88. The molecule has 11 heteroatoms. The summed E-state index contributed by atoms with van der Waals surface area (Å²) in [7, 11) is 2.14. The van der Waals surface area contributed by atoms with Gasteiger partial charge in [0.1, 0.15) is 11.4 Å². The summed E-state index contributed by atoms with van der Waals surface area (Å²) in [6.07, 6.45) is 7.61. The number of rotatable bonds is 5. The maximum atomic E-state index is 12.5. The molecule has 210 valence electrons. The molecule has 2 N–H and O–H groups in total. The number of urea groups is 1. The third-order valence-corrected chi connectivity index (χ3v) is 7.20. The van der Waals surface area contributed by atoms with Gasteiger partial charge in [0.05, 0.1) is 11.9 Å². The lowest BCUT2D eigenvalue weighted by Gasteiger charge is -2.32. The number of imidazole rings is 1. The molecule has 1 fully saturated rings. The van der Waals surface area contributed by atoms with E-state index in [0.29, 0.717) is 17.3 Å². The second kappa shape index (κ2) is 10.7. The molecule has 41 heavy (non-hydrogen) atoms. The molecule has 6 rings (SSSR count). The molecule has 0 spiro atoms. The van der Waals surface area contributed by atoms with Gasteiger partial charge in [-0.3, -0.25) is 9.72 Å². The first-order valence-electron chi connectivity index (χ1n) is 13.6. The van der Waals surface area contributed by atoms with Crippen molar-refractivity contribution in [3.63, 3.8) is 0 Å². The van der Waals surface area contributed by atoms with Crippen LogP contribution < -0.4 is 15.5 Å². The Balaban J connectivity index is 1.12. The Labute approximate surface area is 238 Å². The van der Waals surface area contributed by atoms with E-state index in [0.717, 1.165) is 60.2 Å². The predicted octanol–water partition coefficient (Wildman–Crippen LogP) is 5.14. The summed E-state index contributed by atoms with van der Waals surface area (Å²) in [5.74, 6) is 1.84. The van der Waals surface area contributed by atoms with Crippen LogP contribution in [0.25, 0.3) is 28.0 Å². The average Bonchev–Trinajstić information content (AvgIpc) is 3.61. The van der Waals surface area contributed by atoms with Crippen LogP contribution in [0.2, 0.25) is 0 Å². The number of fused-ring (bicyclic) bond motifs is 1. The molecule has 0 aliphatic carbocycles. The van der Waals surface area contributed by atoms with Crippen molar-refractivity contribution in [3.05, 3.63) is 73.0 Å². The molecule has 0 bridgehead atoms. The number of hydrogen-bond acceptors (Lipinski definition) is 8. The molecule has 1 aromatic carbocycles. The molecule has 0 unspecified atom stereocenters. The summed E-state index contributed by atoms with van der Waals surface area (Å²) in [6.45, 7) is 9.95. The molecule has 0 atom stereocenters. The van der Waals surface area contributed by atoms with Gasteiger partial charge in [0.25, 0.3) is 0 Å². The lowest BCUT2D eigenvalue weighted by molar-refractivity contribution is 0.262. The smallest absolute Gasteiger partial charge is 0.324 e. The Bertz CT molecular complexity index is 1660. The van der Waals surface area contributed by atoms with Crippen molar-refractivity contribution in [3.8, 4) is 22.4 Å². The van der Waals surface area contributed by atoms with E-state index < -0.39 is 6.03 Å². The first-order chi connectivity index (χ1) is 19.7. The Hall–Kier alpha value is -4.77. The minimum absolute atomic E-state index is 0.191. The Morgan fingerprint density at radius 1 is 0.854 bits per heavy atom. The van der Waals surface area contributed by atoms with Crippen LogP contribution >= 0.6 is 0 Å². The summed E-state index contributed by atoms with van der Waals surface area (Å²) >= 11 is 0. The molecule has 0 radical (unpaired) electrons. The van der Waals surface area contributed by atoms with Crippen molar-refractivity contribution < 1.29 is 9.32 Å². The second-order valence-electron chi connectivity index (χ2n) is 11.3. The van der Waals surface area contributed by atoms with Gasteiger partial charge in [-0.05, 0) is 36.9 Å². The molecule has 4 aromatic heterocycles. The van der Waals surface area contributed by atoms with E-state index in [2.05, 4.69) is 47.6 Å².